The van der Waals surface area contributed by atoms with Crippen molar-refractivity contribution in [3.63, 3.8) is 0 Å². The van der Waals surface area contributed by atoms with Crippen molar-refractivity contribution in [3.8, 4) is 0 Å². The predicted molar refractivity (Wildman–Crippen MR) is 76.4 cm³/mol. The topological polar surface area (TPSA) is 51.5 Å². The van der Waals surface area contributed by atoms with Gasteiger partial charge in [-0.1, -0.05) is 6.92 Å². The molecule has 19 heavy (non-hydrogen) atoms. The Morgan fingerprint density at radius 3 is 3.00 bits per heavy atom. The molecule has 0 radical (unpaired) electrons. The zero-order valence-corrected chi connectivity index (χ0v) is 12.3. The minimum atomic E-state index is -0.894. The summed E-state index contributed by atoms with van der Waals surface area (Å²) in [4.78, 5) is 0. The highest BCUT2D eigenvalue weighted by Crippen LogP contribution is 2.15. The van der Waals surface area contributed by atoms with Gasteiger partial charge in [-0.05, 0) is 37.9 Å². The van der Waals surface area contributed by atoms with Crippen molar-refractivity contribution in [2.24, 2.45) is 0 Å². The molecule has 1 N–H and O–H groups in total. The maximum absolute atomic E-state index is 12.0. The monoisotopic (exact) mass is 285 g/mol. The van der Waals surface area contributed by atoms with Crippen LogP contribution in [0.15, 0.2) is 16.5 Å². The molecule has 2 unspecified atom stereocenters. The fourth-order valence-electron chi connectivity index (χ4n) is 2.18. The van der Waals surface area contributed by atoms with E-state index in [0.717, 1.165) is 50.5 Å². The highest BCUT2D eigenvalue weighted by molar-refractivity contribution is 7.84. The molecule has 4 nitrogen and oxygen atoms in total. The highest BCUT2D eigenvalue weighted by Gasteiger charge is 2.19. The van der Waals surface area contributed by atoms with Crippen LogP contribution in [-0.4, -0.2) is 29.2 Å². The Morgan fingerprint density at radius 1 is 1.42 bits per heavy atom. The summed E-state index contributed by atoms with van der Waals surface area (Å²) in [6.07, 6.45) is 3.42. The molecule has 1 aromatic heterocycles. The smallest absolute Gasteiger partial charge is 0.118 e. The quantitative estimate of drug-likeness (QED) is 0.744. The van der Waals surface area contributed by atoms with Gasteiger partial charge in [0.05, 0.1) is 24.2 Å². The molecule has 108 valence electrons. The minimum absolute atomic E-state index is 0.182. The van der Waals surface area contributed by atoms with E-state index in [2.05, 4.69) is 12.2 Å². The van der Waals surface area contributed by atoms with E-state index >= 15 is 0 Å². The van der Waals surface area contributed by atoms with E-state index in [4.69, 9.17) is 9.15 Å². The van der Waals surface area contributed by atoms with Crippen LogP contribution in [0.3, 0.4) is 0 Å². The first kappa shape index (κ1) is 14.8. The van der Waals surface area contributed by atoms with Crippen LogP contribution >= 0.6 is 0 Å². The second-order valence-corrected chi connectivity index (χ2v) is 6.43. The average Bonchev–Trinajstić information content (AvgIpc) is 3.02. The van der Waals surface area contributed by atoms with Gasteiger partial charge < -0.3 is 14.5 Å². The molecule has 1 aliphatic rings. The van der Waals surface area contributed by atoms with E-state index in [1.165, 1.54) is 0 Å². The molecule has 0 amide bonds. The van der Waals surface area contributed by atoms with Crippen LogP contribution in [0.4, 0.5) is 0 Å². The molecule has 1 saturated heterocycles. The minimum Gasteiger partial charge on any atom is -0.464 e. The second-order valence-electron chi connectivity index (χ2n) is 4.93. The summed E-state index contributed by atoms with van der Waals surface area (Å²) < 4.78 is 23.2. The first-order chi connectivity index (χ1) is 9.28. The van der Waals surface area contributed by atoms with Crippen molar-refractivity contribution < 1.29 is 13.4 Å². The molecule has 2 atom stereocenters. The third-order valence-electron chi connectivity index (χ3n) is 3.14. The van der Waals surface area contributed by atoms with Crippen LogP contribution in [0.2, 0.25) is 0 Å². The molecule has 0 bridgehead atoms. The van der Waals surface area contributed by atoms with Crippen molar-refractivity contribution >= 4 is 10.8 Å². The largest absolute Gasteiger partial charge is 0.464 e. The molecule has 0 aromatic carbocycles. The average molecular weight is 285 g/mol. The predicted octanol–water partition coefficient (Wildman–Crippen LogP) is 2.21. The Balaban J connectivity index is 1.73. The molecule has 2 rings (SSSR count). The Bertz CT molecular complexity index is 399. The molecule has 1 aliphatic heterocycles. The van der Waals surface area contributed by atoms with Gasteiger partial charge in [0, 0.05) is 17.4 Å². The third-order valence-corrected chi connectivity index (χ3v) is 4.49. The molecular weight excluding hydrogens is 262 g/mol. The summed E-state index contributed by atoms with van der Waals surface area (Å²) in [6, 6.07) is 3.89. The van der Waals surface area contributed by atoms with E-state index in [1.54, 1.807) is 0 Å². The Morgan fingerprint density at radius 2 is 2.26 bits per heavy atom. The maximum atomic E-state index is 12.0. The van der Waals surface area contributed by atoms with E-state index in [0.29, 0.717) is 11.5 Å². The first-order valence-electron chi connectivity index (χ1n) is 7.03. The zero-order valence-electron chi connectivity index (χ0n) is 11.5. The molecule has 0 aliphatic carbocycles. The van der Waals surface area contributed by atoms with E-state index in [-0.39, 0.29) is 6.10 Å². The molecule has 1 aromatic rings. The summed E-state index contributed by atoms with van der Waals surface area (Å²) in [7, 11) is -0.894. The van der Waals surface area contributed by atoms with Gasteiger partial charge >= 0.3 is 0 Å². The summed E-state index contributed by atoms with van der Waals surface area (Å²) in [5, 5.41) is 3.29. The lowest BCUT2D eigenvalue weighted by molar-refractivity contribution is 0.128. The van der Waals surface area contributed by atoms with Crippen LogP contribution in [0.5, 0.6) is 0 Å². The molecule has 0 saturated carbocycles. The van der Waals surface area contributed by atoms with Crippen LogP contribution in [0.1, 0.15) is 37.7 Å². The van der Waals surface area contributed by atoms with Gasteiger partial charge in [0.25, 0.3) is 0 Å². The fourth-order valence-corrected chi connectivity index (χ4v) is 3.45. The second kappa shape index (κ2) is 7.82. The summed E-state index contributed by atoms with van der Waals surface area (Å²) in [5.74, 6) is 2.85. The van der Waals surface area contributed by atoms with Gasteiger partial charge in [0.15, 0.2) is 0 Å². The summed E-state index contributed by atoms with van der Waals surface area (Å²) >= 11 is 0. The van der Waals surface area contributed by atoms with Crippen molar-refractivity contribution in [2.45, 2.75) is 44.6 Å². The van der Waals surface area contributed by atoms with Crippen LogP contribution in [0, 0.1) is 0 Å². The molecular formula is C14H23NO3S. The van der Waals surface area contributed by atoms with E-state index in [1.807, 2.05) is 12.1 Å². The lowest BCUT2D eigenvalue weighted by Gasteiger charge is -2.07. The van der Waals surface area contributed by atoms with Crippen molar-refractivity contribution in [3.05, 3.63) is 23.7 Å². The number of ether oxygens (including phenoxy) is 1. The zero-order chi connectivity index (χ0) is 13.5. The highest BCUT2D eigenvalue weighted by atomic mass is 32.2. The Kier molecular flexibility index (Phi) is 6.07. The van der Waals surface area contributed by atoms with Gasteiger partial charge in [-0.15, -0.1) is 0 Å². The molecule has 2 heterocycles. The lowest BCUT2D eigenvalue weighted by atomic mass is 10.3. The maximum Gasteiger partial charge on any atom is 0.118 e. The van der Waals surface area contributed by atoms with Crippen LogP contribution < -0.4 is 5.32 Å². The van der Waals surface area contributed by atoms with E-state index < -0.39 is 10.8 Å². The first-order valence-corrected chi connectivity index (χ1v) is 8.51. The normalized spacial score (nSPS) is 20.8. The lowest BCUT2D eigenvalue weighted by Crippen LogP contribution is -2.16. The van der Waals surface area contributed by atoms with Crippen molar-refractivity contribution in [1.29, 1.82) is 0 Å². The van der Waals surface area contributed by atoms with Gasteiger partial charge in [-0.25, -0.2) is 0 Å². The Labute approximate surface area is 117 Å². The van der Waals surface area contributed by atoms with Gasteiger partial charge in [0.1, 0.15) is 11.5 Å². The third kappa shape index (κ3) is 5.09. The molecule has 1 fully saturated rings. The number of nitrogens with one attached hydrogen (secondary N) is 1. The Hall–Kier alpha value is -0.650. The van der Waals surface area contributed by atoms with E-state index in [9.17, 15) is 4.21 Å². The van der Waals surface area contributed by atoms with Gasteiger partial charge in [0.2, 0.25) is 0 Å². The number of rotatable bonds is 8. The number of hydrogen-bond acceptors (Lipinski definition) is 4. The number of hydrogen-bond donors (Lipinski definition) is 1. The number of furan rings is 1. The van der Waals surface area contributed by atoms with Gasteiger partial charge in [-0.2, -0.15) is 0 Å². The van der Waals surface area contributed by atoms with Gasteiger partial charge in [-0.3, -0.25) is 4.21 Å². The molecule has 0 spiro atoms. The standard InChI is InChI=1S/C14H23NO3S/c1-2-7-15-9-12-5-6-14(18-12)11-19(16)10-13-4-3-8-17-13/h5-6,13,15H,2-4,7-11H2,1H3. The van der Waals surface area contributed by atoms with Crippen LogP contribution in [0.25, 0.3) is 0 Å². The summed E-state index contributed by atoms with van der Waals surface area (Å²) in [5.41, 5.74) is 0. The summed E-state index contributed by atoms with van der Waals surface area (Å²) in [6.45, 7) is 4.68. The SMILES string of the molecule is CCCNCc1ccc(CS(=O)CC2CCCO2)o1. The van der Waals surface area contributed by atoms with Crippen molar-refractivity contribution in [1.82, 2.24) is 5.32 Å². The van der Waals surface area contributed by atoms with Crippen LogP contribution in [-0.2, 0) is 27.8 Å². The van der Waals surface area contributed by atoms with Crippen molar-refractivity contribution in [2.75, 3.05) is 18.9 Å². The fraction of sp³-hybridized carbons (Fsp3) is 0.714. The molecule has 5 heteroatoms.